The maximum Gasteiger partial charge on any atom is 0.124 e. The van der Waals surface area contributed by atoms with Gasteiger partial charge in [-0.05, 0) is 23.8 Å². The minimum atomic E-state index is -0.731. The van der Waals surface area contributed by atoms with Crippen LogP contribution in [0.3, 0.4) is 0 Å². The van der Waals surface area contributed by atoms with E-state index in [0.29, 0.717) is 25.2 Å². The van der Waals surface area contributed by atoms with Crippen LogP contribution in [-0.4, -0.2) is 47.0 Å². The molecule has 0 radical (unpaired) electrons. The van der Waals surface area contributed by atoms with Gasteiger partial charge in [0.25, 0.3) is 0 Å². The molecule has 2 atom stereocenters. The third kappa shape index (κ3) is 3.75. The molecule has 1 aliphatic heterocycles. The van der Waals surface area contributed by atoms with Crippen LogP contribution < -0.4 is 5.73 Å². The Kier molecular flexibility index (Phi) is 4.51. The Morgan fingerprint density at radius 3 is 2.58 bits per heavy atom. The van der Waals surface area contributed by atoms with Gasteiger partial charge in [-0.1, -0.05) is 11.8 Å². The molecule has 0 amide bonds. The second-order valence-corrected chi connectivity index (χ2v) is 4.68. The van der Waals surface area contributed by atoms with Crippen LogP contribution in [0.25, 0.3) is 0 Å². The number of β-amino-alcohol motifs (C(OH)–C–C–N with tert-alkyl or cyclic N) is 2. The summed E-state index contributed by atoms with van der Waals surface area (Å²) in [6, 6.07) is 4.59. The van der Waals surface area contributed by atoms with Gasteiger partial charge >= 0.3 is 0 Å². The highest BCUT2D eigenvalue weighted by molar-refractivity contribution is 5.38. The molecule has 1 saturated heterocycles. The summed E-state index contributed by atoms with van der Waals surface area (Å²) in [6.07, 6.45) is -1.46. The summed E-state index contributed by atoms with van der Waals surface area (Å²) in [5.41, 5.74) is 6.63. The van der Waals surface area contributed by atoms with Crippen LogP contribution in [0.15, 0.2) is 18.2 Å². The zero-order chi connectivity index (χ0) is 13.8. The fourth-order valence-corrected chi connectivity index (χ4v) is 2.20. The average Bonchev–Trinajstić information content (AvgIpc) is 2.65. The van der Waals surface area contributed by atoms with Gasteiger partial charge in [0.05, 0.1) is 18.8 Å². The van der Waals surface area contributed by atoms with Crippen molar-refractivity contribution in [1.29, 1.82) is 0 Å². The molecule has 1 aliphatic rings. The molecule has 2 rings (SSSR count). The van der Waals surface area contributed by atoms with Gasteiger partial charge in [0.2, 0.25) is 0 Å². The Labute approximate surface area is 111 Å². The number of nitrogens with zero attached hydrogens (tertiary/aromatic N) is 1. The molecule has 5 heteroatoms. The first-order valence-corrected chi connectivity index (χ1v) is 6.15. The summed E-state index contributed by atoms with van der Waals surface area (Å²) < 4.78 is 13.5. The van der Waals surface area contributed by atoms with Crippen molar-refractivity contribution in [3.63, 3.8) is 0 Å². The van der Waals surface area contributed by atoms with Crippen molar-refractivity contribution in [3.05, 3.63) is 35.1 Å². The van der Waals surface area contributed by atoms with E-state index >= 15 is 0 Å². The first-order chi connectivity index (χ1) is 9.08. The van der Waals surface area contributed by atoms with Crippen LogP contribution in [-0.2, 0) is 6.54 Å². The van der Waals surface area contributed by atoms with Gasteiger partial charge in [-0.25, -0.2) is 4.39 Å². The third-order valence-corrected chi connectivity index (χ3v) is 3.03. The van der Waals surface area contributed by atoms with E-state index in [2.05, 4.69) is 11.8 Å². The number of benzene rings is 1. The van der Waals surface area contributed by atoms with Crippen LogP contribution >= 0.6 is 0 Å². The summed E-state index contributed by atoms with van der Waals surface area (Å²) in [4.78, 5) is 1.88. The van der Waals surface area contributed by atoms with Crippen LogP contribution in [0.1, 0.15) is 11.1 Å². The zero-order valence-electron chi connectivity index (χ0n) is 10.5. The molecule has 0 bridgehead atoms. The Hall–Kier alpha value is -1.45. The topological polar surface area (TPSA) is 69.7 Å². The van der Waals surface area contributed by atoms with Crippen molar-refractivity contribution >= 4 is 0 Å². The van der Waals surface area contributed by atoms with Crippen LogP contribution in [0.4, 0.5) is 4.39 Å². The van der Waals surface area contributed by atoms with Crippen molar-refractivity contribution in [2.24, 2.45) is 5.73 Å². The maximum absolute atomic E-state index is 13.5. The SMILES string of the molecule is NCC#Cc1cc(F)cc(CN2CC(O)C(O)C2)c1. The smallest absolute Gasteiger partial charge is 0.124 e. The summed E-state index contributed by atoms with van der Waals surface area (Å²) in [6.45, 7) is 1.49. The molecule has 1 aromatic carbocycles. The van der Waals surface area contributed by atoms with E-state index in [1.807, 2.05) is 4.90 Å². The molecule has 102 valence electrons. The molecule has 1 aromatic rings. The van der Waals surface area contributed by atoms with Crippen molar-refractivity contribution in [3.8, 4) is 11.8 Å². The molecule has 1 fully saturated rings. The van der Waals surface area contributed by atoms with Gasteiger partial charge < -0.3 is 15.9 Å². The number of hydrogen-bond acceptors (Lipinski definition) is 4. The quantitative estimate of drug-likeness (QED) is 0.640. The van der Waals surface area contributed by atoms with E-state index in [-0.39, 0.29) is 12.4 Å². The third-order valence-electron chi connectivity index (χ3n) is 3.03. The number of halogens is 1. The van der Waals surface area contributed by atoms with E-state index in [4.69, 9.17) is 5.73 Å². The van der Waals surface area contributed by atoms with E-state index in [1.54, 1.807) is 6.07 Å². The van der Waals surface area contributed by atoms with E-state index < -0.39 is 12.2 Å². The lowest BCUT2D eigenvalue weighted by molar-refractivity contribution is 0.0572. The zero-order valence-corrected chi connectivity index (χ0v) is 10.5. The van der Waals surface area contributed by atoms with Gasteiger partial charge in [-0.3, -0.25) is 4.90 Å². The minimum absolute atomic E-state index is 0.232. The monoisotopic (exact) mass is 264 g/mol. The lowest BCUT2D eigenvalue weighted by Gasteiger charge is -2.14. The molecule has 19 heavy (non-hydrogen) atoms. The van der Waals surface area contributed by atoms with Crippen LogP contribution in [0.5, 0.6) is 0 Å². The Morgan fingerprint density at radius 1 is 1.26 bits per heavy atom. The summed E-state index contributed by atoms with van der Waals surface area (Å²) >= 11 is 0. The standard InChI is InChI=1S/C14H17FN2O2/c15-12-5-10(2-1-3-16)4-11(6-12)7-17-8-13(18)14(19)9-17/h4-6,13-14,18-19H,3,7-9,16H2. The van der Waals surface area contributed by atoms with Crippen molar-refractivity contribution in [1.82, 2.24) is 4.90 Å². The van der Waals surface area contributed by atoms with E-state index in [0.717, 1.165) is 5.56 Å². The maximum atomic E-state index is 13.5. The van der Waals surface area contributed by atoms with Gasteiger partial charge in [-0.2, -0.15) is 0 Å². The second-order valence-electron chi connectivity index (χ2n) is 4.68. The van der Waals surface area contributed by atoms with Crippen molar-refractivity contribution in [2.75, 3.05) is 19.6 Å². The molecule has 0 spiro atoms. The molecule has 1 heterocycles. The Balaban J connectivity index is 2.10. The molecule has 2 unspecified atom stereocenters. The molecular weight excluding hydrogens is 247 g/mol. The molecular formula is C14H17FN2O2. The highest BCUT2D eigenvalue weighted by atomic mass is 19.1. The average molecular weight is 264 g/mol. The fraction of sp³-hybridized carbons (Fsp3) is 0.429. The molecule has 0 saturated carbocycles. The number of aliphatic hydroxyl groups excluding tert-OH is 2. The van der Waals surface area contributed by atoms with E-state index in [1.165, 1.54) is 12.1 Å². The normalized spacial score (nSPS) is 23.2. The van der Waals surface area contributed by atoms with Crippen molar-refractivity contribution in [2.45, 2.75) is 18.8 Å². The fourth-order valence-electron chi connectivity index (χ4n) is 2.20. The number of rotatable bonds is 2. The molecule has 0 aliphatic carbocycles. The van der Waals surface area contributed by atoms with Gasteiger partial charge in [-0.15, -0.1) is 0 Å². The predicted octanol–water partition coefficient (Wildman–Crippen LogP) is -0.327. The minimum Gasteiger partial charge on any atom is -0.389 e. The molecule has 4 nitrogen and oxygen atoms in total. The van der Waals surface area contributed by atoms with Crippen LogP contribution in [0, 0.1) is 17.7 Å². The van der Waals surface area contributed by atoms with Crippen molar-refractivity contribution < 1.29 is 14.6 Å². The Bertz CT molecular complexity index is 500. The first-order valence-electron chi connectivity index (χ1n) is 6.15. The summed E-state index contributed by atoms with van der Waals surface area (Å²) in [7, 11) is 0. The summed E-state index contributed by atoms with van der Waals surface area (Å²) in [5, 5.41) is 18.9. The second kappa shape index (κ2) is 6.13. The highest BCUT2D eigenvalue weighted by Crippen LogP contribution is 2.16. The largest absolute Gasteiger partial charge is 0.389 e. The number of nitrogens with two attached hydrogens (primary N) is 1. The summed E-state index contributed by atoms with van der Waals surface area (Å²) in [5.74, 6) is 5.13. The molecule has 4 N–H and O–H groups in total. The highest BCUT2D eigenvalue weighted by Gasteiger charge is 2.29. The van der Waals surface area contributed by atoms with Gasteiger partial charge in [0, 0.05) is 25.2 Å². The van der Waals surface area contributed by atoms with Gasteiger partial charge in [0.1, 0.15) is 5.82 Å². The number of likely N-dealkylation sites (tertiary alicyclic amines) is 1. The Morgan fingerprint density at radius 2 is 1.95 bits per heavy atom. The lowest BCUT2D eigenvalue weighted by Crippen LogP contribution is -2.22. The molecule has 0 aromatic heterocycles. The van der Waals surface area contributed by atoms with Crippen LogP contribution in [0.2, 0.25) is 0 Å². The number of hydrogen-bond donors (Lipinski definition) is 3. The first kappa shape index (κ1) is 14.0. The van der Waals surface area contributed by atoms with Gasteiger partial charge in [0.15, 0.2) is 0 Å². The van der Waals surface area contributed by atoms with E-state index in [9.17, 15) is 14.6 Å². The predicted molar refractivity (Wildman–Crippen MR) is 69.6 cm³/mol. The lowest BCUT2D eigenvalue weighted by atomic mass is 10.1. The number of aliphatic hydroxyl groups is 2.